The highest BCUT2D eigenvalue weighted by Gasteiger charge is 2.12. The molecular weight excluding hydrogens is 282 g/mol. The molecule has 23 heavy (non-hydrogen) atoms. The highest BCUT2D eigenvalue weighted by Crippen LogP contribution is 2.35. The second kappa shape index (κ2) is 6.75. The summed E-state index contributed by atoms with van der Waals surface area (Å²) in [7, 11) is 0. The first-order chi connectivity index (χ1) is 11.3. The van der Waals surface area contributed by atoms with Gasteiger partial charge >= 0.3 is 0 Å². The van der Waals surface area contributed by atoms with Crippen LogP contribution in [0.1, 0.15) is 15.9 Å². The lowest BCUT2D eigenvalue weighted by Crippen LogP contribution is -2.10. The molecule has 112 valence electrons. The number of carbonyl (C=O) groups is 1. The van der Waals surface area contributed by atoms with Crippen LogP contribution in [0.3, 0.4) is 0 Å². The highest BCUT2D eigenvalue weighted by molar-refractivity contribution is 5.85. The molecule has 0 saturated carbocycles. The number of hydrogen-bond acceptors (Lipinski definition) is 2. The Kier molecular flexibility index (Phi) is 4.34. The van der Waals surface area contributed by atoms with Crippen LogP contribution in [0.2, 0.25) is 0 Å². The van der Waals surface area contributed by atoms with E-state index in [9.17, 15) is 4.79 Å². The van der Waals surface area contributed by atoms with Gasteiger partial charge in [0, 0.05) is 22.6 Å². The molecule has 0 aromatic heterocycles. The van der Waals surface area contributed by atoms with E-state index in [4.69, 9.17) is 0 Å². The molecule has 0 N–H and O–H groups in total. The van der Waals surface area contributed by atoms with Crippen molar-refractivity contribution >= 4 is 29.4 Å². The maximum Gasteiger partial charge on any atom is 0.150 e. The van der Waals surface area contributed by atoms with Crippen LogP contribution >= 0.6 is 0 Å². The average molecular weight is 299 g/mol. The normalized spacial score (nSPS) is 10.1. The molecule has 0 aliphatic carbocycles. The molecule has 0 aliphatic heterocycles. The van der Waals surface area contributed by atoms with E-state index < -0.39 is 0 Å². The third-order valence-electron chi connectivity index (χ3n) is 3.70. The van der Waals surface area contributed by atoms with Gasteiger partial charge in [-0.15, -0.1) is 0 Å². The van der Waals surface area contributed by atoms with Crippen molar-refractivity contribution in [3.05, 3.63) is 96.6 Å². The number of hydrogen-bond donors (Lipinski definition) is 0. The van der Waals surface area contributed by atoms with Crippen LogP contribution in [-0.4, -0.2) is 6.29 Å². The fourth-order valence-corrected chi connectivity index (χ4v) is 2.59. The van der Waals surface area contributed by atoms with Gasteiger partial charge in [0.2, 0.25) is 0 Å². The lowest BCUT2D eigenvalue weighted by molar-refractivity contribution is 0.112. The van der Waals surface area contributed by atoms with Crippen molar-refractivity contribution < 1.29 is 4.79 Å². The van der Waals surface area contributed by atoms with Gasteiger partial charge in [-0.25, -0.2) is 0 Å². The number of aldehydes is 1. The van der Waals surface area contributed by atoms with Crippen LogP contribution in [0, 0.1) is 0 Å². The molecule has 0 unspecified atom stereocenters. The third-order valence-corrected chi connectivity index (χ3v) is 3.70. The van der Waals surface area contributed by atoms with E-state index in [1.54, 1.807) is 6.08 Å². The summed E-state index contributed by atoms with van der Waals surface area (Å²) in [4.78, 5) is 13.3. The number of para-hydroxylation sites is 2. The number of anilines is 3. The lowest BCUT2D eigenvalue weighted by atomic mass is 10.1. The van der Waals surface area contributed by atoms with Gasteiger partial charge in [0.05, 0.1) is 0 Å². The fraction of sp³-hybridized carbons (Fsp3) is 0. The van der Waals surface area contributed by atoms with Crippen LogP contribution in [0.5, 0.6) is 0 Å². The second-order valence-corrected chi connectivity index (χ2v) is 5.14. The van der Waals surface area contributed by atoms with Gasteiger partial charge in [-0.3, -0.25) is 4.79 Å². The van der Waals surface area contributed by atoms with Crippen molar-refractivity contribution in [1.82, 2.24) is 0 Å². The van der Waals surface area contributed by atoms with Crippen molar-refractivity contribution in [3.63, 3.8) is 0 Å². The molecule has 0 fully saturated rings. The molecular formula is C21H17NO. The summed E-state index contributed by atoms with van der Waals surface area (Å²) < 4.78 is 0. The van der Waals surface area contributed by atoms with Crippen LogP contribution in [-0.2, 0) is 0 Å². The Labute approximate surface area is 136 Å². The van der Waals surface area contributed by atoms with Gasteiger partial charge in [-0.1, -0.05) is 49.1 Å². The lowest BCUT2D eigenvalue weighted by Gasteiger charge is -2.26. The first-order valence-electron chi connectivity index (χ1n) is 7.45. The molecule has 2 heteroatoms. The molecule has 0 atom stereocenters. The van der Waals surface area contributed by atoms with Gasteiger partial charge in [-0.2, -0.15) is 0 Å². The highest BCUT2D eigenvalue weighted by atomic mass is 16.1. The monoisotopic (exact) mass is 299 g/mol. The first kappa shape index (κ1) is 14.8. The summed E-state index contributed by atoms with van der Waals surface area (Å²) in [5.74, 6) is 0. The Morgan fingerprint density at radius 3 is 1.74 bits per heavy atom. The Balaban J connectivity index is 2.16. The minimum Gasteiger partial charge on any atom is -0.310 e. The van der Waals surface area contributed by atoms with Crippen LogP contribution in [0.4, 0.5) is 17.1 Å². The van der Waals surface area contributed by atoms with Gasteiger partial charge in [-0.05, 0) is 48.0 Å². The van der Waals surface area contributed by atoms with E-state index >= 15 is 0 Å². The number of rotatable bonds is 5. The zero-order valence-corrected chi connectivity index (χ0v) is 12.7. The Morgan fingerprint density at radius 2 is 1.26 bits per heavy atom. The van der Waals surface area contributed by atoms with E-state index in [1.807, 2.05) is 54.6 Å². The maximum absolute atomic E-state index is 11.1. The topological polar surface area (TPSA) is 20.3 Å². The zero-order valence-electron chi connectivity index (χ0n) is 12.7. The predicted octanol–water partition coefficient (Wildman–Crippen LogP) is 5.61. The third kappa shape index (κ3) is 3.06. The van der Waals surface area contributed by atoms with Crippen molar-refractivity contribution in [2.24, 2.45) is 0 Å². The van der Waals surface area contributed by atoms with Crippen molar-refractivity contribution in [1.29, 1.82) is 0 Å². The minimum absolute atomic E-state index is 0.643. The molecule has 0 saturated heterocycles. The quantitative estimate of drug-likeness (QED) is 0.570. The largest absolute Gasteiger partial charge is 0.310 e. The molecule has 3 aromatic rings. The molecule has 0 heterocycles. The van der Waals surface area contributed by atoms with Crippen molar-refractivity contribution in [2.75, 3.05) is 4.90 Å². The van der Waals surface area contributed by atoms with E-state index in [-0.39, 0.29) is 0 Å². The van der Waals surface area contributed by atoms with Gasteiger partial charge < -0.3 is 4.90 Å². The summed E-state index contributed by atoms with van der Waals surface area (Å²) in [5, 5.41) is 0. The molecule has 2 nitrogen and oxygen atoms in total. The summed E-state index contributed by atoms with van der Waals surface area (Å²) in [6, 6.07) is 26.1. The summed E-state index contributed by atoms with van der Waals surface area (Å²) >= 11 is 0. The summed E-state index contributed by atoms with van der Waals surface area (Å²) in [5.41, 5.74) is 4.59. The molecule has 0 spiro atoms. The summed E-state index contributed by atoms with van der Waals surface area (Å²) in [6.07, 6.45) is 2.57. The molecule has 3 rings (SSSR count). The molecule has 0 bridgehead atoms. The molecule has 0 amide bonds. The Hall–Kier alpha value is -3.13. The number of nitrogens with zero attached hydrogens (tertiary/aromatic N) is 1. The fourth-order valence-electron chi connectivity index (χ4n) is 2.59. The van der Waals surface area contributed by atoms with Crippen LogP contribution < -0.4 is 4.90 Å². The van der Waals surface area contributed by atoms with Crippen molar-refractivity contribution in [2.45, 2.75) is 0 Å². The zero-order chi connectivity index (χ0) is 16.1. The van der Waals surface area contributed by atoms with Crippen LogP contribution in [0.25, 0.3) is 6.08 Å². The summed E-state index contributed by atoms with van der Waals surface area (Å²) in [6.45, 7) is 3.81. The van der Waals surface area contributed by atoms with Gasteiger partial charge in [0.25, 0.3) is 0 Å². The Morgan fingerprint density at radius 1 is 0.696 bits per heavy atom. The maximum atomic E-state index is 11.1. The van der Waals surface area contributed by atoms with E-state index in [0.29, 0.717) is 5.56 Å². The Bertz CT molecular complexity index is 770. The minimum atomic E-state index is 0.643. The smallest absolute Gasteiger partial charge is 0.150 e. The van der Waals surface area contributed by atoms with E-state index in [0.717, 1.165) is 28.9 Å². The van der Waals surface area contributed by atoms with Crippen LogP contribution in [0.15, 0.2) is 85.4 Å². The first-order valence-corrected chi connectivity index (χ1v) is 7.45. The van der Waals surface area contributed by atoms with Gasteiger partial charge in [0.15, 0.2) is 6.29 Å². The molecule has 3 aromatic carbocycles. The van der Waals surface area contributed by atoms with Gasteiger partial charge in [0.1, 0.15) is 0 Å². The average Bonchev–Trinajstić information content (AvgIpc) is 2.63. The predicted molar refractivity (Wildman–Crippen MR) is 96.6 cm³/mol. The van der Waals surface area contributed by atoms with Crippen molar-refractivity contribution in [3.8, 4) is 0 Å². The second-order valence-electron chi connectivity index (χ2n) is 5.14. The SMILES string of the molecule is C=Cc1cc(N(c2ccccc2)c2ccccc2)ccc1C=O. The van der Waals surface area contributed by atoms with E-state index in [1.165, 1.54) is 0 Å². The molecule has 0 aliphatic rings. The molecule has 0 radical (unpaired) electrons. The number of benzene rings is 3. The van der Waals surface area contributed by atoms with E-state index in [2.05, 4.69) is 35.7 Å². The number of carbonyl (C=O) groups excluding carboxylic acids is 1. The standard InChI is InChI=1S/C21H17NO/c1-2-17-15-21(14-13-18(17)16-23)22(19-9-5-3-6-10-19)20-11-7-4-8-12-20/h2-16H,1H2.